The van der Waals surface area contributed by atoms with Crippen LogP contribution < -0.4 is 18.9 Å². The Kier molecular flexibility index (Phi) is 9.20. The van der Waals surface area contributed by atoms with Gasteiger partial charge in [0.15, 0.2) is 0 Å². The summed E-state index contributed by atoms with van der Waals surface area (Å²) < 4.78 is 23.5. The molecule has 0 aliphatic carbocycles. The standard InChI is InChI=1S/2C20H22O2/c1-20(2,3)13-10-11-16-17(12-13)19(22-5)15-9-7-6-8-14(15)18(16)21-4;1-4-14-11-12-17-18(13-14)20(22-6-3)16-10-8-7-9-15(16)19(17)21-5-2/h6-12H,1-5H3;7-13H,4-6H2,1-3H3. The van der Waals surface area contributed by atoms with E-state index in [1.165, 1.54) is 11.1 Å². The first-order valence-electron chi connectivity index (χ1n) is 15.6. The molecule has 0 spiro atoms. The molecule has 4 heteroatoms. The highest BCUT2D eigenvalue weighted by Crippen LogP contribution is 2.44. The van der Waals surface area contributed by atoms with Crippen molar-refractivity contribution in [2.24, 2.45) is 0 Å². The Labute approximate surface area is 261 Å². The molecule has 0 aliphatic heterocycles. The second kappa shape index (κ2) is 13.1. The Morgan fingerprint density at radius 1 is 0.477 bits per heavy atom. The first-order chi connectivity index (χ1) is 21.3. The van der Waals surface area contributed by atoms with Crippen molar-refractivity contribution >= 4 is 43.1 Å². The molecule has 228 valence electrons. The number of ether oxygens (including phenoxy) is 4. The van der Waals surface area contributed by atoms with Crippen LogP contribution in [-0.4, -0.2) is 27.4 Å². The predicted octanol–water partition coefficient (Wildman–Crippen LogP) is 10.7. The van der Waals surface area contributed by atoms with Gasteiger partial charge in [-0.05, 0) is 48.9 Å². The Balaban J connectivity index is 0.000000175. The molecular formula is C40H44O4. The molecule has 0 bridgehead atoms. The third kappa shape index (κ3) is 5.74. The molecule has 6 aromatic carbocycles. The molecule has 0 fully saturated rings. The third-order valence-corrected chi connectivity index (χ3v) is 8.17. The van der Waals surface area contributed by atoms with Crippen molar-refractivity contribution < 1.29 is 18.9 Å². The van der Waals surface area contributed by atoms with E-state index in [0.29, 0.717) is 13.2 Å². The van der Waals surface area contributed by atoms with Gasteiger partial charge >= 0.3 is 0 Å². The second-order valence-electron chi connectivity index (χ2n) is 11.9. The molecule has 0 atom stereocenters. The van der Waals surface area contributed by atoms with Crippen LogP contribution in [0.3, 0.4) is 0 Å². The summed E-state index contributed by atoms with van der Waals surface area (Å²) in [4.78, 5) is 0. The van der Waals surface area contributed by atoms with Crippen molar-refractivity contribution in [3.8, 4) is 23.0 Å². The smallest absolute Gasteiger partial charge is 0.135 e. The van der Waals surface area contributed by atoms with Gasteiger partial charge in [-0.1, -0.05) is 100 Å². The number of hydrogen-bond acceptors (Lipinski definition) is 4. The average Bonchev–Trinajstić information content (AvgIpc) is 3.04. The Bertz CT molecular complexity index is 1930. The van der Waals surface area contributed by atoms with E-state index in [4.69, 9.17) is 18.9 Å². The Morgan fingerprint density at radius 3 is 1.36 bits per heavy atom. The maximum Gasteiger partial charge on any atom is 0.135 e. The van der Waals surface area contributed by atoms with E-state index in [1.54, 1.807) is 14.2 Å². The van der Waals surface area contributed by atoms with E-state index in [9.17, 15) is 0 Å². The second-order valence-corrected chi connectivity index (χ2v) is 11.9. The van der Waals surface area contributed by atoms with Gasteiger partial charge in [-0.25, -0.2) is 0 Å². The van der Waals surface area contributed by atoms with Gasteiger partial charge in [0, 0.05) is 43.1 Å². The van der Waals surface area contributed by atoms with Crippen LogP contribution in [0.5, 0.6) is 23.0 Å². The van der Waals surface area contributed by atoms with Crippen LogP contribution in [0.15, 0.2) is 84.9 Å². The monoisotopic (exact) mass is 588 g/mol. The maximum absolute atomic E-state index is 6.01. The first-order valence-corrected chi connectivity index (χ1v) is 15.6. The van der Waals surface area contributed by atoms with Crippen LogP contribution in [0.25, 0.3) is 43.1 Å². The van der Waals surface area contributed by atoms with Gasteiger partial charge < -0.3 is 18.9 Å². The first kappa shape index (κ1) is 31.0. The summed E-state index contributed by atoms with van der Waals surface area (Å²) >= 11 is 0. The maximum atomic E-state index is 6.01. The highest BCUT2D eigenvalue weighted by atomic mass is 16.5. The largest absolute Gasteiger partial charge is 0.495 e. The number of rotatable bonds is 7. The molecule has 0 radical (unpaired) electrons. The minimum atomic E-state index is 0.0953. The lowest BCUT2D eigenvalue weighted by molar-refractivity contribution is 0.342. The van der Waals surface area contributed by atoms with E-state index in [-0.39, 0.29) is 5.41 Å². The lowest BCUT2D eigenvalue weighted by atomic mass is 9.85. The molecule has 0 saturated carbocycles. The van der Waals surface area contributed by atoms with E-state index >= 15 is 0 Å². The van der Waals surface area contributed by atoms with Crippen LogP contribution in [-0.2, 0) is 11.8 Å². The molecule has 0 aromatic heterocycles. The van der Waals surface area contributed by atoms with Gasteiger partial charge in [0.2, 0.25) is 0 Å². The summed E-state index contributed by atoms with van der Waals surface area (Å²) in [5.74, 6) is 3.75. The fourth-order valence-electron chi connectivity index (χ4n) is 5.97. The molecule has 6 aromatic rings. The molecular weight excluding hydrogens is 544 g/mol. The molecule has 0 unspecified atom stereocenters. The summed E-state index contributed by atoms with van der Waals surface area (Å²) in [6.45, 7) is 14.2. The van der Waals surface area contributed by atoms with Crippen LogP contribution in [0.2, 0.25) is 0 Å². The lowest BCUT2D eigenvalue weighted by Crippen LogP contribution is -2.10. The number of benzene rings is 6. The molecule has 0 N–H and O–H groups in total. The van der Waals surface area contributed by atoms with Gasteiger partial charge in [0.25, 0.3) is 0 Å². The van der Waals surface area contributed by atoms with Crippen LogP contribution in [0.4, 0.5) is 0 Å². The number of methoxy groups -OCH3 is 2. The zero-order valence-corrected chi connectivity index (χ0v) is 27.3. The van der Waals surface area contributed by atoms with Gasteiger partial charge in [0.05, 0.1) is 27.4 Å². The third-order valence-electron chi connectivity index (χ3n) is 8.17. The summed E-state index contributed by atoms with van der Waals surface area (Å²) in [7, 11) is 3.46. The van der Waals surface area contributed by atoms with E-state index < -0.39 is 0 Å². The minimum absolute atomic E-state index is 0.0953. The number of aryl methyl sites for hydroxylation is 1. The van der Waals surface area contributed by atoms with Crippen molar-refractivity contribution in [2.45, 2.75) is 53.4 Å². The van der Waals surface area contributed by atoms with E-state index in [1.807, 2.05) is 32.0 Å². The quantitative estimate of drug-likeness (QED) is 0.174. The van der Waals surface area contributed by atoms with Gasteiger partial charge in [-0.3, -0.25) is 0 Å². The lowest BCUT2D eigenvalue weighted by Gasteiger charge is -2.21. The van der Waals surface area contributed by atoms with Crippen LogP contribution >= 0.6 is 0 Å². The normalized spacial score (nSPS) is 11.5. The van der Waals surface area contributed by atoms with Gasteiger partial charge in [0.1, 0.15) is 23.0 Å². The van der Waals surface area contributed by atoms with Crippen molar-refractivity contribution in [3.05, 3.63) is 96.1 Å². The molecule has 6 rings (SSSR count). The molecule has 0 amide bonds. The van der Waals surface area contributed by atoms with Crippen molar-refractivity contribution in [2.75, 3.05) is 27.4 Å². The van der Waals surface area contributed by atoms with Crippen molar-refractivity contribution in [1.82, 2.24) is 0 Å². The van der Waals surface area contributed by atoms with Crippen LogP contribution in [0.1, 0.15) is 52.7 Å². The molecule has 0 saturated heterocycles. The average molecular weight is 589 g/mol. The molecule has 0 aliphatic rings. The Morgan fingerprint density at radius 2 is 0.886 bits per heavy atom. The summed E-state index contributed by atoms with van der Waals surface area (Å²) in [5, 5.41) is 8.86. The highest BCUT2D eigenvalue weighted by Gasteiger charge is 2.19. The SMILES string of the molecule is CCOc1c2ccccc2c(OCC)c2cc(CC)ccc12.COc1c2ccccc2c(OC)c2cc(C(C)(C)C)ccc12. The predicted molar refractivity (Wildman–Crippen MR) is 186 cm³/mol. The molecule has 0 heterocycles. The van der Waals surface area contributed by atoms with Gasteiger partial charge in [-0.15, -0.1) is 0 Å². The zero-order valence-electron chi connectivity index (χ0n) is 27.3. The van der Waals surface area contributed by atoms with Crippen molar-refractivity contribution in [1.29, 1.82) is 0 Å². The van der Waals surface area contributed by atoms with Gasteiger partial charge in [-0.2, -0.15) is 0 Å². The van der Waals surface area contributed by atoms with E-state index in [0.717, 1.165) is 72.5 Å². The number of fused-ring (bicyclic) bond motifs is 4. The van der Waals surface area contributed by atoms with E-state index in [2.05, 4.69) is 94.4 Å². The summed E-state index contributed by atoms with van der Waals surface area (Å²) in [6.07, 6.45) is 1.01. The fraction of sp³-hybridized carbons (Fsp3) is 0.300. The molecule has 4 nitrogen and oxygen atoms in total. The van der Waals surface area contributed by atoms with Crippen molar-refractivity contribution in [3.63, 3.8) is 0 Å². The fourth-order valence-corrected chi connectivity index (χ4v) is 5.97. The summed E-state index contributed by atoms with van der Waals surface area (Å²) in [5.41, 5.74) is 2.69. The highest BCUT2D eigenvalue weighted by molar-refractivity contribution is 6.12. The number of hydrogen-bond donors (Lipinski definition) is 0. The minimum Gasteiger partial charge on any atom is -0.495 e. The summed E-state index contributed by atoms with van der Waals surface area (Å²) in [6, 6.07) is 29.7. The zero-order chi connectivity index (χ0) is 31.4. The molecule has 44 heavy (non-hydrogen) atoms. The Hall–Kier alpha value is -4.44. The topological polar surface area (TPSA) is 36.9 Å². The van der Waals surface area contributed by atoms with Crippen LogP contribution in [0, 0.1) is 0 Å².